The maximum atomic E-state index is 12.2. The van der Waals surface area contributed by atoms with Crippen LogP contribution < -0.4 is 0 Å². The lowest BCUT2D eigenvalue weighted by Gasteiger charge is -2.10. The Labute approximate surface area is 84.8 Å². The molecule has 0 aromatic heterocycles. The van der Waals surface area contributed by atoms with Gasteiger partial charge in [-0.2, -0.15) is 13.2 Å². The Morgan fingerprint density at radius 1 is 1.21 bits per heavy atom. The third kappa shape index (κ3) is 2.54. The van der Waals surface area contributed by atoms with Gasteiger partial charge in [-0.05, 0) is 24.0 Å². The normalized spacial score (nSPS) is 11.4. The van der Waals surface area contributed by atoms with Gasteiger partial charge in [-0.3, -0.25) is 0 Å². The molecule has 0 heterocycles. The Kier molecular flexibility index (Phi) is 3.26. The van der Waals surface area contributed by atoms with E-state index in [1.165, 1.54) is 23.9 Å². The fourth-order valence-corrected chi connectivity index (χ4v) is 1.36. The summed E-state index contributed by atoms with van der Waals surface area (Å²) in [6, 6.07) is 6.16. The van der Waals surface area contributed by atoms with Crippen LogP contribution in [0.25, 0.3) is 5.57 Å². The zero-order valence-electron chi connectivity index (χ0n) is 7.56. The van der Waals surface area contributed by atoms with Crippen LogP contribution in [0.2, 0.25) is 0 Å². The van der Waals surface area contributed by atoms with Gasteiger partial charge in [0.2, 0.25) is 0 Å². The molecule has 0 fully saturated rings. The lowest BCUT2D eigenvalue weighted by molar-refractivity contribution is -0.0686. The topological polar surface area (TPSA) is 0 Å². The summed E-state index contributed by atoms with van der Waals surface area (Å²) in [6.07, 6.45) is -2.48. The number of benzene rings is 1. The molecular weight excluding hydrogens is 209 g/mol. The van der Waals surface area contributed by atoms with Crippen LogP contribution >= 0.6 is 11.8 Å². The number of hydrogen-bond donors (Lipinski definition) is 0. The lowest BCUT2D eigenvalue weighted by Crippen LogP contribution is -2.09. The van der Waals surface area contributed by atoms with Gasteiger partial charge in [-0.15, -0.1) is 11.8 Å². The number of rotatable bonds is 2. The Bertz CT molecular complexity index is 324. The number of alkyl halides is 3. The number of hydrogen-bond acceptors (Lipinski definition) is 1. The van der Waals surface area contributed by atoms with Crippen LogP contribution in [0.15, 0.2) is 35.7 Å². The highest BCUT2D eigenvalue weighted by atomic mass is 32.2. The van der Waals surface area contributed by atoms with Crippen LogP contribution in [0.4, 0.5) is 13.2 Å². The van der Waals surface area contributed by atoms with E-state index in [0.29, 0.717) is 0 Å². The molecule has 0 radical (unpaired) electrons. The smallest absolute Gasteiger partial charge is 0.166 e. The van der Waals surface area contributed by atoms with E-state index in [0.717, 1.165) is 4.90 Å². The van der Waals surface area contributed by atoms with Gasteiger partial charge in [-0.1, -0.05) is 18.7 Å². The van der Waals surface area contributed by atoms with Crippen LogP contribution in [-0.2, 0) is 0 Å². The number of allylic oxidation sites excluding steroid dienone is 1. The van der Waals surface area contributed by atoms with Crippen LogP contribution in [0, 0.1) is 0 Å². The molecule has 0 bridgehead atoms. The summed E-state index contributed by atoms with van der Waals surface area (Å²) in [7, 11) is 0. The van der Waals surface area contributed by atoms with Gasteiger partial charge in [0.1, 0.15) is 0 Å². The molecule has 0 aliphatic carbocycles. The van der Waals surface area contributed by atoms with E-state index < -0.39 is 11.7 Å². The molecule has 0 amide bonds. The summed E-state index contributed by atoms with van der Waals surface area (Å²) in [5.74, 6) is 0. The minimum absolute atomic E-state index is 0.121. The average molecular weight is 218 g/mol. The van der Waals surface area contributed by atoms with Crippen molar-refractivity contribution in [3.05, 3.63) is 36.4 Å². The summed E-state index contributed by atoms with van der Waals surface area (Å²) in [5, 5.41) is 0. The van der Waals surface area contributed by atoms with Gasteiger partial charge in [-0.25, -0.2) is 0 Å². The van der Waals surface area contributed by atoms with Gasteiger partial charge in [0, 0.05) is 4.90 Å². The summed E-state index contributed by atoms with van der Waals surface area (Å²) < 4.78 is 36.6. The van der Waals surface area contributed by atoms with Gasteiger partial charge >= 0.3 is 6.18 Å². The quantitative estimate of drug-likeness (QED) is 0.676. The first kappa shape index (κ1) is 11.2. The largest absolute Gasteiger partial charge is 0.416 e. The first-order chi connectivity index (χ1) is 6.45. The fourth-order valence-electron chi connectivity index (χ4n) is 0.956. The zero-order chi connectivity index (χ0) is 10.8. The monoisotopic (exact) mass is 218 g/mol. The predicted octanol–water partition coefficient (Wildman–Crippen LogP) is 3.98. The highest BCUT2D eigenvalue weighted by Crippen LogP contribution is 2.32. The zero-order valence-corrected chi connectivity index (χ0v) is 8.38. The molecule has 0 spiro atoms. The highest BCUT2D eigenvalue weighted by molar-refractivity contribution is 7.98. The highest BCUT2D eigenvalue weighted by Gasteiger charge is 2.32. The van der Waals surface area contributed by atoms with Gasteiger partial charge in [0.15, 0.2) is 0 Å². The van der Waals surface area contributed by atoms with Crippen molar-refractivity contribution in [2.24, 2.45) is 0 Å². The minimum Gasteiger partial charge on any atom is -0.166 e. The van der Waals surface area contributed by atoms with Crippen LogP contribution in [0.3, 0.4) is 0 Å². The molecule has 0 unspecified atom stereocenters. The second kappa shape index (κ2) is 4.09. The Morgan fingerprint density at radius 3 is 2.07 bits per heavy atom. The van der Waals surface area contributed by atoms with E-state index in [1.54, 1.807) is 12.1 Å². The van der Waals surface area contributed by atoms with Gasteiger partial charge in [0.05, 0.1) is 5.57 Å². The molecule has 0 saturated carbocycles. The molecule has 0 N–H and O–H groups in total. The van der Waals surface area contributed by atoms with Crippen LogP contribution in [-0.4, -0.2) is 12.4 Å². The van der Waals surface area contributed by atoms with E-state index in [2.05, 4.69) is 6.58 Å². The molecule has 4 heteroatoms. The summed E-state index contributed by atoms with van der Waals surface area (Å²) >= 11 is 1.49. The Hall–Kier alpha value is -0.900. The number of halogens is 3. The Balaban J connectivity index is 2.93. The molecule has 76 valence electrons. The van der Waals surface area contributed by atoms with Crippen molar-refractivity contribution in [1.29, 1.82) is 0 Å². The Morgan fingerprint density at radius 2 is 1.71 bits per heavy atom. The lowest BCUT2D eigenvalue weighted by atomic mass is 10.1. The van der Waals surface area contributed by atoms with Crippen molar-refractivity contribution < 1.29 is 13.2 Å². The predicted molar refractivity (Wildman–Crippen MR) is 53.3 cm³/mol. The third-order valence-corrected chi connectivity index (χ3v) is 2.52. The number of thioether (sulfide) groups is 1. The summed E-state index contributed by atoms with van der Waals surface area (Å²) in [6.45, 7) is 3.02. The first-order valence-corrected chi connectivity index (χ1v) is 5.08. The van der Waals surface area contributed by atoms with Crippen LogP contribution in [0.5, 0.6) is 0 Å². The molecule has 0 atom stereocenters. The molecule has 1 aromatic carbocycles. The van der Waals surface area contributed by atoms with Crippen molar-refractivity contribution in [2.45, 2.75) is 11.1 Å². The molecule has 0 aliphatic rings. The summed E-state index contributed by atoms with van der Waals surface area (Å²) in [5.41, 5.74) is -0.680. The molecule has 1 rings (SSSR count). The van der Waals surface area contributed by atoms with Crippen molar-refractivity contribution >= 4 is 17.3 Å². The average Bonchev–Trinajstić information content (AvgIpc) is 2.15. The van der Waals surface area contributed by atoms with Crippen LogP contribution in [0.1, 0.15) is 5.56 Å². The van der Waals surface area contributed by atoms with Gasteiger partial charge < -0.3 is 0 Å². The second-order valence-corrected chi connectivity index (χ2v) is 3.58. The third-order valence-electron chi connectivity index (χ3n) is 1.78. The van der Waals surface area contributed by atoms with E-state index >= 15 is 0 Å². The van der Waals surface area contributed by atoms with E-state index in [4.69, 9.17) is 0 Å². The van der Waals surface area contributed by atoms with Crippen molar-refractivity contribution in [3.8, 4) is 0 Å². The van der Waals surface area contributed by atoms with E-state index in [9.17, 15) is 13.2 Å². The minimum atomic E-state index is -4.35. The summed E-state index contributed by atoms with van der Waals surface area (Å²) in [4.78, 5) is 0.934. The molecule has 1 aromatic rings. The molecule has 14 heavy (non-hydrogen) atoms. The van der Waals surface area contributed by atoms with E-state index in [-0.39, 0.29) is 5.56 Å². The maximum Gasteiger partial charge on any atom is 0.416 e. The first-order valence-electron chi connectivity index (χ1n) is 3.85. The van der Waals surface area contributed by atoms with Crippen molar-refractivity contribution in [3.63, 3.8) is 0 Å². The SMILES string of the molecule is C=C(c1ccc(SC)cc1)C(F)(F)F. The van der Waals surface area contributed by atoms with Crippen molar-refractivity contribution in [1.82, 2.24) is 0 Å². The standard InChI is InChI=1S/C10H9F3S/c1-7(10(11,12)13)8-3-5-9(14-2)6-4-8/h3-6H,1H2,2H3. The second-order valence-electron chi connectivity index (χ2n) is 2.70. The van der Waals surface area contributed by atoms with Crippen molar-refractivity contribution in [2.75, 3.05) is 6.26 Å². The van der Waals surface area contributed by atoms with Gasteiger partial charge in [0.25, 0.3) is 0 Å². The fraction of sp³-hybridized carbons (Fsp3) is 0.200. The molecule has 0 saturated heterocycles. The maximum absolute atomic E-state index is 12.2. The molecular formula is C10H9F3S. The molecule has 0 nitrogen and oxygen atoms in total. The molecule has 0 aliphatic heterocycles. The van der Waals surface area contributed by atoms with E-state index in [1.807, 2.05) is 6.26 Å².